The summed E-state index contributed by atoms with van der Waals surface area (Å²) in [5.41, 5.74) is 0. The van der Waals surface area contributed by atoms with Gasteiger partial charge in [-0.25, -0.2) is 4.79 Å². The fourth-order valence-corrected chi connectivity index (χ4v) is 2.56. The first kappa shape index (κ1) is 14.9. The highest BCUT2D eigenvalue weighted by Gasteiger charge is 2.30. The van der Waals surface area contributed by atoms with Crippen LogP contribution < -0.4 is 10.6 Å². The van der Waals surface area contributed by atoms with Gasteiger partial charge in [0.2, 0.25) is 0 Å². The molecule has 1 aliphatic carbocycles. The minimum Gasteiger partial charge on any atom is -0.481 e. The predicted molar refractivity (Wildman–Crippen MR) is 72.8 cm³/mol. The molecule has 2 amide bonds. The van der Waals surface area contributed by atoms with Gasteiger partial charge < -0.3 is 15.7 Å². The largest absolute Gasteiger partial charge is 0.481 e. The summed E-state index contributed by atoms with van der Waals surface area (Å²) in [5.74, 6) is 0.660. The average Bonchev–Trinajstić information content (AvgIpc) is 2.77. The number of hydrogen-bond acceptors (Lipinski definition) is 3. The highest BCUT2D eigenvalue weighted by molar-refractivity contribution is 7.99. The van der Waals surface area contributed by atoms with Gasteiger partial charge in [0.15, 0.2) is 0 Å². The molecule has 18 heavy (non-hydrogen) atoms. The van der Waals surface area contributed by atoms with E-state index >= 15 is 0 Å². The minimum atomic E-state index is -0.763. The molecule has 0 aromatic carbocycles. The van der Waals surface area contributed by atoms with Crippen LogP contribution in [0, 0.1) is 5.92 Å². The Morgan fingerprint density at radius 3 is 2.83 bits per heavy atom. The van der Waals surface area contributed by atoms with E-state index in [0.29, 0.717) is 19.4 Å². The Morgan fingerprint density at radius 1 is 1.44 bits per heavy atom. The van der Waals surface area contributed by atoms with Crippen molar-refractivity contribution in [2.75, 3.05) is 18.1 Å². The smallest absolute Gasteiger partial charge is 0.315 e. The second-order valence-corrected chi connectivity index (χ2v) is 5.46. The average molecular weight is 272 g/mol. The number of nitrogens with one attached hydrogen (secondary N) is 2. The molecule has 0 aromatic heterocycles. The van der Waals surface area contributed by atoms with Crippen LogP contribution in [-0.2, 0) is 4.79 Å². The van der Waals surface area contributed by atoms with Crippen LogP contribution in [0.5, 0.6) is 0 Å². The van der Waals surface area contributed by atoms with Crippen LogP contribution in [0.15, 0.2) is 12.7 Å². The van der Waals surface area contributed by atoms with Gasteiger partial charge >= 0.3 is 12.0 Å². The van der Waals surface area contributed by atoms with Gasteiger partial charge in [-0.2, -0.15) is 11.8 Å². The van der Waals surface area contributed by atoms with Crippen LogP contribution in [0.3, 0.4) is 0 Å². The molecule has 1 fully saturated rings. The van der Waals surface area contributed by atoms with Crippen molar-refractivity contribution in [3.63, 3.8) is 0 Å². The summed E-state index contributed by atoms with van der Waals surface area (Å²) in [4.78, 5) is 22.3. The fourth-order valence-electron chi connectivity index (χ4n) is 1.98. The summed E-state index contributed by atoms with van der Waals surface area (Å²) in [6, 6.07) is -0.211. The molecule has 0 bridgehead atoms. The van der Waals surface area contributed by atoms with Gasteiger partial charge in [0, 0.05) is 24.1 Å². The molecule has 5 nitrogen and oxygen atoms in total. The van der Waals surface area contributed by atoms with Crippen LogP contribution in [0.2, 0.25) is 0 Å². The van der Waals surface area contributed by atoms with Crippen molar-refractivity contribution < 1.29 is 14.7 Å². The second kappa shape index (κ2) is 8.02. The molecule has 0 heterocycles. The van der Waals surface area contributed by atoms with Gasteiger partial charge in [-0.15, -0.1) is 6.58 Å². The number of hydrogen-bond donors (Lipinski definition) is 3. The fraction of sp³-hybridized carbons (Fsp3) is 0.667. The lowest BCUT2D eigenvalue weighted by atomic mass is 10.1. The van der Waals surface area contributed by atoms with Gasteiger partial charge in [0.1, 0.15) is 0 Å². The highest BCUT2D eigenvalue weighted by Crippen LogP contribution is 2.25. The van der Waals surface area contributed by atoms with Gasteiger partial charge in [-0.1, -0.05) is 6.08 Å². The van der Waals surface area contributed by atoms with E-state index in [4.69, 9.17) is 5.11 Å². The Bertz CT molecular complexity index is 310. The van der Waals surface area contributed by atoms with E-state index in [1.54, 1.807) is 11.8 Å². The molecule has 3 N–H and O–H groups in total. The molecule has 0 aliphatic heterocycles. The SMILES string of the molecule is C=CCSCCNC(=O)N[C@H]1CC[C@@H](C(=O)O)C1. The Balaban J connectivity index is 2.10. The number of thioether (sulfide) groups is 1. The monoisotopic (exact) mass is 272 g/mol. The Hall–Kier alpha value is -1.17. The van der Waals surface area contributed by atoms with E-state index in [1.807, 2.05) is 6.08 Å². The zero-order chi connectivity index (χ0) is 13.4. The molecule has 1 aliphatic rings. The van der Waals surface area contributed by atoms with Gasteiger partial charge in [0.25, 0.3) is 0 Å². The summed E-state index contributed by atoms with van der Waals surface area (Å²) in [7, 11) is 0. The number of aliphatic carboxylic acids is 1. The van der Waals surface area contributed by atoms with Gasteiger partial charge in [0.05, 0.1) is 5.92 Å². The van der Waals surface area contributed by atoms with Crippen molar-refractivity contribution in [1.29, 1.82) is 0 Å². The van der Waals surface area contributed by atoms with E-state index in [0.717, 1.165) is 17.9 Å². The van der Waals surface area contributed by atoms with E-state index in [2.05, 4.69) is 17.2 Å². The molecule has 0 spiro atoms. The number of carboxylic acids is 1. The van der Waals surface area contributed by atoms with Crippen molar-refractivity contribution in [2.24, 2.45) is 5.92 Å². The first-order valence-electron chi connectivity index (χ1n) is 6.09. The summed E-state index contributed by atoms with van der Waals surface area (Å²) < 4.78 is 0. The number of rotatable bonds is 7. The van der Waals surface area contributed by atoms with E-state index < -0.39 is 5.97 Å². The molecular weight excluding hydrogens is 252 g/mol. The molecule has 1 rings (SSSR count). The summed E-state index contributed by atoms with van der Waals surface area (Å²) in [5, 5.41) is 14.4. The minimum absolute atomic E-state index is 0.00747. The maximum absolute atomic E-state index is 11.5. The summed E-state index contributed by atoms with van der Waals surface area (Å²) >= 11 is 1.70. The molecule has 0 aromatic rings. The van der Waals surface area contributed by atoms with Crippen molar-refractivity contribution in [1.82, 2.24) is 10.6 Å². The molecule has 1 saturated carbocycles. The van der Waals surface area contributed by atoms with Crippen molar-refractivity contribution in [3.8, 4) is 0 Å². The summed E-state index contributed by atoms with van der Waals surface area (Å²) in [6.45, 7) is 4.23. The number of amides is 2. The molecule has 0 radical (unpaired) electrons. The third kappa shape index (κ3) is 5.44. The maximum Gasteiger partial charge on any atom is 0.315 e. The highest BCUT2D eigenvalue weighted by atomic mass is 32.2. The molecule has 2 atom stereocenters. The molecule has 0 saturated heterocycles. The normalized spacial score (nSPS) is 22.4. The van der Waals surface area contributed by atoms with E-state index in [1.165, 1.54) is 0 Å². The third-order valence-electron chi connectivity index (χ3n) is 2.88. The number of urea groups is 1. The van der Waals surface area contributed by atoms with Crippen molar-refractivity contribution in [2.45, 2.75) is 25.3 Å². The predicted octanol–water partition coefficient (Wildman–Crippen LogP) is 1.46. The van der Waals surface area contributed by atoms with Crippen LogP contribution in [0.4, 0.5) is 4.79 Å². The summed E-state index contributed by atoms with van der Waals surface area (Å²) in [6.07, 6.45) is 3.76. The Labute approximate surface area is 111 Å². The lowest BCUT2D eigenvalue weighted by molar-refractivity contribution is -0.141. The topological polar surface area (TPSA) is 78.4 Å². The number of carbonyl (C=O) groups is 2. The number of carbonyl (C=O) groups excluding carboxylic acids is 1. The van der Waals surface area contributed by atoms with Crippen LogP contribution >= 0.6 is 11.8 Å². The Morgan fingerprint density at radius 2 is 2.22 bits per heavy atom. The molecular formula is C12H20N2O3S. The van der Waals surface area contributed by atoms with E-state index in [-0.39, 0.29) is 18.0 Å². The van der Waals surface area contributed by atoms with E-state index in [9.17, 15) is 9.59 Å². The molecule has 102 valence electrons. The lowest BCUT2D eigenvalue weighted by Gasteiger charge is -2.13. The lowest BCUT2D eigenvalue weighted by Crippen LogP contribution is -2.42. The second-order valence-electron chi connectivity index (χ2n) is 4.31. The zero-order valence-corrected chi connectivity index (χ0v) is 11.2. The molecule has 6 heteroatoms. The quantitative estimate of drug-likeness (QED) is 0.484. The van der Waals surface area contributed by atoms with Crippen molar-refractivity contribution in [3.05, 3.63) is 12.7 Å². The standard InChI is InChI=1S/C12H20N2O3S/c1-2-6-18-7-5-13-12(17)14-10-4-3-9(8-10)11(15)16/h2,9-10H,1,3-8H2,(H,15,16)(H2,13,14,17)/t9-,10+/m1/s1. The van der Waals surface area contributed by atoms with Gasteiger partial charge in [-0.05, 0) is 19.3 Å². The number of carboxylic acid groups (broad SMARTS) is 1. The van der Waals surface area contributed by atoms with Crippen molar-refractivity contribution >= 4 is 23.8 Å². The molecule has 0 unspecified atom stereocenters. The first-order chi connectivity index (χ1) is 8.63. The Kier molecular flexibility index (Phi) is 6.64. The van der Waals surface area contributed by atoms with Crippen LogP contribution in [0.25, 0.3) is 0 Å². The van der Waals surface area contributed by atoms with Crippen LogP contribution in [-0.4, -0.2) is 41.2 Å². The van der Waals surface area contributed by atoms with Gasteiger partial charge in [-0.3, -0.25) is 4.79 Å². The maximum atomic E-state index is 11.5. The van der Waals surface area contributed by atoms with Crippen LogP contribution in [0.1, 0.15) is 19.3 Å². The first-order valence-corrected chi connectivity index (χ1v) is 7.24. The third-order valence-corrected chi connectivity index (χ3v) is 3.85. The zero-order valence-electron chi connectivity index (χ0n) is 10.4.